The summed E-state index contributed by atoms with van der Waals surface area (Å²) in [5.41, 5.74) is 3.80. The predicted octanol–water partition coefficient (Wildman–Crippen LogP) is 3.27. The molecule has 5 nitrogen and oxygen atoms in total. The summed E-state index contributed by atoms with van der Waals surface area (Å²) in [6.45, 7) is 4.65. The molecule has 0 unspecified atom stereocenters. The van der Waals surface area contributed by atoms with Crippen molar-refractivity contribution in [2.45, 2.75) is 26.4 Å². The Hall–Kier alpha value is -1.61. The Labute approximate surface area is 182 Å². The Balaban J connectivity index is 0.00000261. The smallest absolute Gasteiger partial charge is 0.242 e. The SMILES string of the molecule is CN=C(NCC(=O)N1CCc2sccc2C1)N(C)Cc1ccccc1C.I. The minimum Gasteiger partial charge on any atom is -0.347 e. The standard InChI is InChI=1S/C20H26N4OS.HI/c1-15-6-4-5-7-16(15)13-23(3)20(21-2)22-12-19(25)24-10-8-18-17(14-24)9-11-26-18;/h4-7,9,11H,8,10,12-14H2,1-3H3,(H,21,22);1H. The van der Waals surface area contributed by atoms with Crippen molar-refractivity contribution in [3.05, 3.63) is 57.3 Å². The van der Waals surface area contributed by atoms with E-state index in [1.807, 2.05) is 29.0 Å². The van der Waals surface area contributed by atoms with E-state index in [2.05, 4.69) is 40.8 Å². The largest absolute Gasteiger partial charge is 0.347 e. The number of carbonyl (C=O) groups is 1. The molecule has 0 atom stereocenters. The highest BCUT2D eigenvalue weighted by Crippen LogP contribution is 2.23. The van der Waals surface area contributed by atoms with Crippen LogP contribution in [-0.2, 0) is 24.3 Å². The maximum atomic E-state index is 12.6. The molecule has 2 aromatic rings. The van der Waals surface area contributed by atoms with E-state index in [-0.39, 0.29) is 36.4 Å². The Morgan fingerprint density at radius 1 is 1.33 bits per heavy atom. The first-order valence-electron chi connectivity index (χ1n) is 8.88. The summed E-state index contributed by atoms with van der Waals surface area (Å²) in [6.07, 6.45) is 0.959. The van der Waals surface area contributed by atoms with Crippen LogP contribution in [0, 0.1) is 6.92 Å². The van der Waals surface area contributed by atoms with E-state index in [0.29, 0.717) is 0 Å². The normalized spacial score (nSPS) is 13.6. The number of halogens is 1. The third kappa shape index (κ3) is 5.44. The zero-order valence-electron chi connectivity index (χ0n) is 16.1. The van der Waals surface area contributed by atoms with E-state index >= 15 is 0 Å². The van der Waals surface area contributed by atoms with E-state index in [0.717, 1.165) is 32.0 Å². The van der Waals surface area contributed by atoms with Crippen LogP contribution in [0.4, 0.5) is 0 Å². The van der Waals surface area contributed by atoms with Crippen LogP contribution in [0.3, 0.4) is 0 Å². The number of nitrogens with one attached hydrogen (secondary N) is 1. The number of amides is 1. The van der Waals surface area contributed by atoms with Crippen molar-refractivity contribution in [3.8, 4) is 0 Å². The van der Waals surface area contributed by atoms with Crippen molar-refractivity contribution in [1.82, 2.24) is 15.1 Å². The number of rotatable bonds is 4. The van der Waals surface area contributed by atoms with Gasteiger partial charge in [-0.15, -0.1) is 35.3 Å². The molecule has 0 spiro atoms. The van der Waals surface area contributed by atoms with Gasteiger partial charge < -0.3 is 15.1 Å². The average molecular weight is 498 g/mol. The summed E-state index contributed by atoms with van der Waals surface area (Å²) in [5.74, 6) is 0.849. The van der Waals surface area contributed by atoms with Crippen LogP contribution in [0.2, 0.25) is 0 Å². The van der Waals surface area contributed by atoms with Crippen LogP contribution < -0.4 is 5.32 Å². The molecule has 27 heavy (non-hydrogen) atoms. The lowest BCUT2D eigenvalue weighted by Crippen LogP contribution is -2.46. The first-order chi connectivity index (χ1) is 12.6. The van der Waals surface area contributed by atoms with Crippen molar-refractivity contribution in [2.24, 2.45) is 4.99 Å². The van der Waals surface area contributed by atoms with Crippen LogP contribution in [0.15, 0.2) is 40.7 Å². The van der Waals surface area contributed by atoms with E-state index in [1.165, 1.54) is 21.6 Å². The van der Waals surface area contributed by atoms with Gasteiger partial charge >= 0.3 is 0 Å². The van der Waals surface area contributed by atoms with Crippen molar-refractivity contribution in [3.63, 3.8) is 0 Å². The second kappa shape index (κ2) is 10.1. The maximum absolute atomic E-state index is 12.6. The van der Waals surface area contributed by atoms with Gasteiger partial charge in [0.1, 0.15) is 0 Å². The summed E-state index contributed by atoms with van der Waals surface area (Å²) < 4.78 is 0. The lowest BCUT2D eigenvalue weighted by Gasteiger charge is -2.28. The van der Waals surface area contributed by atoms with Crippen molar-refractivity contribution in [1.29, 1.82) is 0 Å². The van der Waals surface area contributed by atoms with E-state index in [9.17, 15) is 4.79 Å². The van der Waals surface area contributed by atoms with Gasteiger partial charge in [-0.3, -0.25) is 9.79 Å². The van der Waals surface area contributed by atoms with Crippen molar-refractivity contribution >= 4 is 47.2 Å². The molecule has 0 saturated heterocycles. The highest BCUT2D eigenvalue weighted by molar-refractivity contribution is 14.0. The molecule has 1 aliphatic heterocycles. The highest BCUT2D eigenvalue weighted by Gasteiger charge is 2.21. The van der Waals surface area contributed by atoms with Crippen LogP contribution in [-0.4, -0.2) is 48.9 Å². The summed E-state index contributed by atoms with van der Waals surface area (Å²) >= 11 is 1.79. The van der Waals surface area contributed by atoms with E-state index in [1.54, 1.807) is 18.4 Å². The van der Waals surface area contributed by atoms with Gasteiger partial charge in [-0.25, -0.2) is 0 Å². The zero-order valence-corrected chi connectivity index (χ0v) is 19.2. The zero-order chi connectivity index (χ0) is 18.5. The molecule has 1 aromatic heterocycles. The molecule has 3 rings (SSSR count). The first kappa shape index (κ1) is 21.7. The molecular formula is C20H27IN4OS. The van der Waals surface area contributed by atoms with Crippen LogP contribution in [0.1, 0.15) is 21.6 Å². The van der Waals surface area contributed by atoms with Gasteiger partial charge in [-0.2, -0.15) is 0 Å². The molecule has 1 amide bonds. The number of aliphatic imine (C=N–C) groups is 1. The summed E-state index contributed by atoms with van der Waals surface area (Å²) in [5, 5.41) is 5.32. The number of benzene rings is 1. The van der Waals surface area contributed by atoms with Crippen LogP contribution in [0.5, 0.6) is 0 Å². The molecule has 1 N–H and O–H groups in total. The average Bonchev–Trinajstić information content (AvgIpc) is 3.11. The highest BCUT2D eigenvalue weighted by atomic mass is 127. The van der Waals surface area contributed by atoms with Gasteiger partial charge in [-0.05, 0) is 41.5 Å². The van der Waals surface area contributed by atoms with E-state index in [4.69, 9.17) is 0 Å². The maximum Gasteiger partial charge on any atom is 0.242 e. The Morgan fingerprint density at radius 2 is 2.11 bits per heavy atom. The molecule has 0 fully saturated rings. The molecular weight excluding hydrogens is 471 g/mol. The molecule has 0 radical (unpaired) electrons. The number of guanidine groups is 1. The molecule has 1 aliphatic rings. The van der Waals surface area contributed by atoms with E-state index < -0.39 is 0 Å². The quantitative estimate of drug-likeness (QED) is 0.400. The minimum absolute atomic E-state index is 0. The third-order valence-corrected chi connectivity index (χ3v) is 5.82. The lowest BCUT2D eigenvalue weighted by molar-refractivity contribution is -0.130. The number of aryl methyl sites for hydroxylation is 1. The van der Waals surface area contributed by atoms with Crippen molar-refractivity contribution < 1.29 is 4.79 Å². The molecule has 0 bridgehead atoms. The fraction of sp³-hybridized carbons (Fsp3) is 0.400. The monoisotopic (exact) mass is 498 g/mol. The number of fused-ring (bicyclic) bond motifs is 1. The summed E-state index contributed by atoms with van der Waals surface area (Å²) in [7, 11) is 3.74. The number of thiophene rings is 1. The fourth-order valence-corrected chi connectivity index (χ4v) is 4.12. The van der Waals surface area contributed by atoms with Gasteiger partial charge in [0.05, 0.1) is 6.54 Å². The molecule has 2 heterocycles. The first-order valence-corrected chi connectivity index (χ1v) is 9.75. The minimum atomic E-state index is 0. The van der Waals surface area contributed by atoms with Crippen molar-refractivity contribution in [2.75, 3.05) is 27.2 Å². The molecule has 0 aliphatic carbocycles. The van der Waals surface area contributed by atoms with Gasteiger partial charge in [0, 0.05) is 38.6 Å². The third-order valence-electron chi connectivity index (χ3n) is 4.80. The van der Waals surface area contributed by atoms with Gasteiger partial charge in [0.2, 0.25) is 5.91 Å². The Morgan fingerprint density at radius 3 is 2.85 bits per heavy atom. The second-order valence-corrected chi connectivity index (χ2v) is 7.62. The van der Waals surface area contributed by atoms with Crippen LogP contribution in [0.25, 0.3) is 0 Å². The summed E-state index contributed by atoms with van der Waals surface area (Å²) in [6, 6.07) is 10.4. The Bertz CT molecular complexity index is 805. The van der Waals surface area contributed by atoms with Gasteiger partial charge in [0.15, 0.2) is 5.96 Å². The fourth-order valence-electron chi connectivity index (χ4n) is 3.23. The van der Waals surface area contributed by atoms with Crippen LogP contribution >= 0.6 is 35.3 Å². The molecule has 7 heteroatoms. The lowest BCUT2D eigenvalue weighted by atomic mass is 10.1. The number of hydrogen-bond donors (Lipinski definition) is 1. The number of nitrogens with zero attached hydrogens (tertiary/aromatic N) is 3. The Kier molecular flexibility index (Phi) is 8.09. The molecule has 1 aromatic carbocycles. The van der Waals surface area contributed by atoms with Gasteiger partial charge in [0.25, 0.3) is 0 Å². The topological polar surface area (TPSA) is 47.9 Å². The second-order valence-electron chi connectivity index (χ2n) is 6.62. The molecule has 146 valence electrons. The number of carbonyl (C=O) groups excluding carboxylic acids is 1. The number of hydrogen-bond acceptors (Lipinski definition) is 3. The molecule has 0 saturated carbocycles. The predicted molar refractivity (Wildman–Crippen MR) is 123 cm³/mol. The summed E-state index contributed by atoms with van der Waals surface area (Å²) in [4.78, 5) is 22.3. The van der Waals surface area contributed by atoms with Gasteiger partial charge in [-0.1, -0.05) is 24.3 Å².